The lowest BCUT2D eigenvalue weighted by Gasteiger charge is -2.23. The summed E-state index contributed by atoms with van der Waals surface area (Å²) in [5.74, 6) is 0.987. The van der Waals surface area contributed by atoms with E-state index in [2.05, 4.69) is 9.97 Å². The Morgan fingerprint density at radius 3 is 2.54 bits per heavy atom. The highest BCUT2D eigenvalue weighted by atomic mass is 16.3. The van der Waals surface area contributed by atoms with Crippen molar-refractivity contribution in [1.82, 2.24) is 14.9 Å². The first-order chi connectivity index (χ1) is 13.5. The summed E-state index contributed by atoms with van der Waals surface area (Å²) in [6.07, 6.45) is 1.69. The number of aryl methyl sites for hydroxylation is 3. The van der Waals surface area contributed by atoms with Crippen LogP contribution in [0.15, 0.2) is 48.5 Å². The molecule has 142 valence electrons. The van der Waals surface area contributed by atoms with Gasteiger partial charge in [0.15, 0.2) is 0 Å². The Morgan fingerprint density at radius 1 is 1.04 bits per heavy atom. The first-order valence-electron chi connectivity index (χ1n) is 9.53. The van der Waals surface area contributed by atoms with Gasteiger partial charge in [0.2, 0.25) is 0 Å². The number of aromatic nitrogens is 2. The largest absolute Gasteiger partial charge is 0.508 e. The van der Waals surface area contributed by atoms with Gasteiger partial charge in [-0.05, 0) is 62.6 Å². The van der Waals surface area contributed by atoms with E-state index in [0.29, 0.717) is 13.1 Å². The monoisotopic (exact) mass is 373 g/mol. The zero-order valence-corrected chi connectivity index (χ0v) is 16.1. The van der Waals surface area contributed by atoms with Gasteiger partial charge in [-0.3, -0.25) is 4.79 Å². The minimum absolute atomic E-state index is 0.0446. The molecule has 2 aromatic carbocycles. The van der Waals surface area contributed by atoms with E-state index in [1.165, 1.54) is 0 Å². The van der Waals surface area contributed by atoms with Crippen molar-refractivity contribution in [3.05, 3.63) is 76.7 Å². The predicted octanol–water partition coefficient (Wildman–Crippen LogP) is 4.05. The van der Waals surface area contributed by atoms with E-state index >= 15 is 0 Å². The number of amides is 1. The number of fused-ring (bicyclic) bond motifs is 1. The molecular formula is C23H23N3O2. The number of rotatable bonds is 2. The van der Waals surface area contributed by atoms with Gasteiger partial charge in [0.05, 0.1) is 5.69 Å². The van der Waals surface area contributed by atoms with Crippen LogP contribution in [0.2, 0.25) is 0 Å². The molecule has 28 heavy (non-hydrogen) atoms. The summed E-state index contributed by atoms with van der Waals surface area (Å²) in [4.78, 5) is 24.4. The third-order valence-electron chi connectivity index (χ3n) is 5.20. The predicted molar refractivity (Wildman–Crippen MR) is 108 cm³/mol. The van der Waals surface area contributed by atoms with Crippen LogP contribution in [0, 0.1) is 13.8 Å². The van der Waals surface area contributed by atoms with Crippen LogP contribution in [0.1, 0.15) is 39.4 Å². The lowest BCUT2D eigenvalue weighted by Crippen LogP contribution is -2.31. The van der Waals surface area contributed by atoms with Crippen LogP contribution in [-0.2, 0) is 13.0 Å². The number of carbonyl (C=O) groups excluding carboxylic acids is 1. The Bertz CT molecular complexity index is 1030. The van der Waals surface area contributed by atoms with Crippen molar-refractivity contribution in [1.29, 1.82) is 0 Å². The van der Waals surface area contributed by atoms with Gasteiger partial charge in [0.1, 0.15) is 11.6 Å². The molecule has 3 aromatic rings. The average Bonchev–Trinajstić information content (AvgIpc) is 2.90. The van der Waals surface area contributed by atoms with Crippen LogP contribution in [0.5, 0.6) is 5.75 Å². The number of aromatic hydroxyl groups is 1. The molecule has 1 N–H and O–H groups in total. The van der Waals surface area contributed by atoms with Crippen molar-refractivity contribution < 1.29 is 9.90 Å². The number of nitrogens with zero attached hydrogens (tertiary/aromatic N) is 3. The molecule has 0 unspecified atom stereocenters. The van der Waals surface area contributed by atoms with Gasteiger partial charge in [-0.2, -0.15) is 0 Å². The molecule has 0 bridgehead atoms. The molecule has 0 radical (unpaired) electrons. The van der Waals surface area contributed by atoms with Gasteiger partial charge >= 0.3 is 0 Å². The maximum Gasteiger partial charge on any atom is 0.254 e. The summed E-state index contributed by atoms with van der Waals surface area (Å²) < 4.78 is 0. The van der Waals surface area contributed by atoms with E-state index in [4.69, 9.17) is 0 Å². The number of hydrogen-bond donors (Lipinski definition) is 1. The Hall–Kier alpha value is -3.21. The molecule has 0 aliphatic carbocycles. The van der Waals surface area contributed by atoms with Gasteiger partial charge in [-0.15, -0.1) is 0 Å². The zero-order chi connectivity index (χ0) is 19.7. The number of phenolic OH excluding ortho intramolecular Hbond substituents is 1. The molecule has 4 rings (SSSR count). The van der Waals surface area contributed by atoms with Crippen LogP contribution in [0.3, 0.4) is 0 Å². The molecule has 0 saturated carbocycles. The van der Waals surface area contributed by atoms with Crippen molar-refractivity contribution in [3.8, 4) is 17.0 Å². The molecular weight excluding hydrogens is 350 g/mol. The lowest BCUT2D eigenvalue weighted by molar-refractivity contribution is 0.0745. The molecule has 5 nitrogen and oxygen atoms in total. The first kappa shape index (κ1) is 18.2. The molecule has 1 aromatic heterocycles. The first-order valence-corrected chi connectivity index (χ1v) is 9.53. The van der Waals surface area contributed by atoms with Gasteiger partial charge < -0.3 is 10.0 Å². The second-order valence-electron chi connectivity index (χ2n) is 7.24. The van der Waals surface area contributed by atoms with E-state index in [1.54, 1.807) is 12.1 Å². The smallest absolute Gasteiger partial charge is 0.254 e. The lowest BCUT2D eigenvalue weighted by atomic mass is 10.0. The number of carbonyl (C=O) groups is 1. The van der Waals surface area contributed by atoms with Gasteiger partial charge in [0.25, 0.3) is 5.91 Å². The van der Waals surface area contributed by atoms with E-state index in [-0.39, 0.29) is 11.7 Å². The summed E-state index contributed by atoms with van der Waals surface area (Å²) in [5, 5.41) is 9.62. The minimum atomic E-state index is 0.0446. The average molecular weight is 373 g/mol. The molecule has 1 aliphatic heterocycles. The van der Waals surface area contributed by atoms with E-state index < -0.39 is 0 Å². The normalized spacial score (nSPS) is 13.7. The molecule has 1 aliphatic rings. The minimum Gasteiger partial charge on any atom is -0.508 e. The number of benzene rings is 2. The topological polar surface area (TPSA) is 66.3 Å². The van der Waals surface area contributed by atoms with Crippen molar-refractivity contribution >= 4 is 5.91 Å². The Kier molecular flexibility index (Phi) is 4.82. The van der Waals surface area contributed by atoms with Crippen LogP contribution in [0.4, 0.5) is 0 Å². The molecule has 1 amide bonds. The van der Waals surface area contributed by atoms with Gasteiger partial charge in [0, 0.05) is 35.5 Å². The molecule has 0 spiro atoms. The highest BCUT2D eigenvalue weighted by molar-refractivity contribution is 5.95. The maximum absolute atomic E-state index is 13.2. The molecule has 5 heteroatoms. The van der Waals surface area contributed by atoms with Crippen molar-refractivity contribution in [3.63, 3.8) is 0 Å². The SMILES string of the molecule is Cc1nc2c(c(-c3ccc(O)cc3)n1)CN(C(=O)c1ccccc1C)CCC2. The molecule has 0 atom stereocenters. The summed E-state index contributed by atoms with van der Waals surface area (Å²) in [6, 6.07) is 14.7. The molecule has 0 saturated heterocycles. The summed E-state index contributed by atoms with van der Waals surface area (Å²) >= 11 is 0. The van der Waals surface area contributed by atoms with E-state index in [0.717, 1.165) is 52.3 Å². The van der Waals surface area contributed by atoms with Crippen molar-refractivity contribution in [2.45, 2.75) is 33.2 Å². The maximum atomic E-state index is 13.2. The molecule has 2 heterocycles. The highest BCUT2D eigenvalue weighted by Crippen LogP contribution is 2.29. The summed E-state index contributed by atoms with van der Waals surface area (Å²) in [7, 11) is 0. The van der Waals surface area contributed by atoms with Gasteiger partial charge in [-0.25, -0.2) is 9.97 Å². The number of hydrogen-bond acceptors (Lipinski definition) is 4. The van der Waals surface area contributed by atoms with Gasteiger partial charge in [-0.1, -0.05) is 18.2 Å². The Balaban J connectivity index is 1.76. The van der Waals surface area contributed by atoms with Crippen molar-refractivity contribution in [2.24, 2.45) is 0 Å². The van der Waals surface area contributed by atoms with Crippen LogP contribution >= 0.6 is 0 Å². The number of phenols is 1. The second kappa shape index (κ2) is 7.43. The third kappa shape index (κ3) is 3.48. The quantitative estimate of drug-likeness (QED) is 0.736. The fraction of sp³-hybridized carbons (Fsp3) is 0.261. The fourth-order valence-electron chi connectivity index (χ4n) is 3.75. The standard InChI is InChI=1S/C23H23N3O2/c1-15-6-3-4-7-19(15)23(28)26-13-5-8-21-20(14-26)22(25-16(2)24-21)17-9-11-18(27)12-10-17/h3-4,6-7,9-12,27H,5,8,13-14H2,1-2H3. The van der Waals surface area contributed by atoms with E-state index in [9.17, 15) is 9.90 Å². The third-order valence-corrected chi connectivity index (χ3v) is 5.20. The van der Waals surface area contributed by atoms with Crippen LogP contribution < -0.4 is 0 Å². The molecule has 0 fully saturated rings. The van der Waals surface area contributed by atoms with Crippen molar-refractivity contribution in [2.75, 3.05) is 6.54 Å². The zero-order valence-electron chi connectivity index (χ0n) is 16.1. The van der Waals surface area contributed by atoms with Crippen LogP contribution in [0.25, 0.3) is 11.3 Å². The summed E-state index contributed by atoms with van der Waals surface area (Å²) in [5.41, 5.74) is 5.49. The second-order valence-corrected chi connectivity index (χ2v) is 7.24. The van der Waals surface area contributed by atoms with Crippen LogP contribution in [-0.4, -0.2) is 32.4 Å². The Morgan fingerprint density at radius 2 is 1.79 bits per heavy atom. The highest BCUT2D eigenvalue weighted by Gasteiger charge is 2.25. The summed E-state index contributed by atoms with van der Waals surface area (Å²) in [6.45, 7) is 5.04. The Labute approximate surface area is 164 Å². The van der Waals surface area contributed by atoms with E-state index in [1.807, 2.05) is 55.1 Å². The fourth-order valence-corrected chi connectivity index (χ4v) is 3.75.